The summed E-state index contributed by atoms with van der Waals surface area (Å²) in [6, 6.07) is 80.6. The van der Waals surface area contributed by atoms with Crippen molar-refractivity contribution < 1.29 is 20.8 Å². The zero-order chi connectivity index (χ0) is 52.0. The predicted molar refractivity (Wildman–Crippen MR) is 326 cm³/mol. The Morgan fingerprint density at radius 2 is 0.568 bits per heavy atom. The van der Waals surface area contributed by atoms with Gasteiger partial charge in [-0.25, -0.2) is 0 Å². The molecule has 0 atom stereocenters. The Hall–Kier alpha value is -5.86. The predicted octanol–water partition coefficient (Wildman–Crippen LogP) is 21.7. The van der Waals surface area contributed by atoms with E-state index in [4.69, 9.17) is 17.0 Å². The standard InChI is InChI=1S/2C34H29.C2H6Si.2ClH.Zr/c2*1-34(2,3)22-23-20-32-30(28-16-8-12-24-10-4-6-14-26(24)28)18-19-31(33(32)21-23)29-17-9-13-25-11-5-7-15-27(25)29;1-3-2;;;/h2*4-21H,22H2,1-3H3;1-2H3;2*1H;/q2*-1;;;;+4/p-2. The van der Waals surface area contributed by atoms with Gasteiger partial charge in [0.2, 0.25) is 0 Å². The second kappa shape index (κ2) is 23.4. The summed E-state index contributed by atoms with van der Waals surface area (Å²) in [7, 11) is 11.0. The molecule has 366 valence electrons. The van der Waals surface area contributed by atoms with Crippen LogP contribution in [0.3, 0.4) is 0 Å². The van der Waals surface area contributed by atoms with Gasteiger partial charge in [0.1, 0.15) is 0 Å². The Kier molecular flexibility index (Phi) is 16.7. The maximum absolute atomic E-state index is 4.93. The third-order valence-electron chi connectivity index (χ3n) is 13.7. The van der Waals surface area contributed by atoms with Gasteiger partial charge in [-0.3, -0.25) is 0 Å². The van der Waals surface area contributed by atoms with Crippen LogP contribution in [-0.4, -0.2) is 9.52 Å². The van der Waals surface area contributed by atoms with Crippen molar-refractivity contribution in [2.75, 3.05) is 0 Å². The summed E-state index contributed by atoms with van der Waals surface area (Å²) in [5.74, 6) is 0. The number of hydrogen-bond donors (Lipinski definition) is 0. The molecule has 0 amide bonds. The van der Waals surface area contributed by atoms with E-state index in [9.17, 15) is 0 Å². The zero-order valence-electron chi connectivity index (χ0n) is 44.0. The number of halogens is 2. The van der Waals surface area contributed by atoms with Crippen LogP contribution in [0.5, 0.6) is 0 Å². The van der Waals surface area contributed by atoms with E-state index >= 15 is 0 Å². The van der Waals surface area contributed by atoms with Gasteiger partial charge in [0.05, 0.1) is 0 Å². The van der Waals surface area contributed by atoms with Crippen LogP contribution in [-0.2, 0) is 33.7 Å². The molecule has 0 aliphatic rings. The van der Waals surface area contributed by atoms with E-state index in [1.807, 2.05) is 0 Å². The minimum atomic E-state index is -0.826. The third kappa shape index (κ3) is 11.8. The van der Waals surface area contributed by atoms with Crippen LogP contribution < -0.4 is 0 Å². The molecule has 0 N–H and O–H groups in total. The van der Waals surface area contributed by atoms with E-state index in [-0.39, 0.29) is 10.8 Å². The number of fused-ring (bicyclic) bond motifs is 6. The van der Waals surface area contributed by atoms with Gasteiger partial charge in [0, 0.05) is 9.52 Å². The monoisotopic (exact) mass is 1090 g/mol. The van der Waals surface area contributed by atoms with E-state index in [0.29, 0.717) is 0 Å². The van der Waals surface area contributed by atoms with Gasteiger partial charge in [-0.15, -0.1) is 44.8 Å². The van der Waals surface area contributed by atoms with Crippen LogP contribution in [0.1, 0.15) is 52.7 Å². The molecule has 12 aromatic rings. The quantitative estimate of drug-likeness (QED) is 0.115. The van der Waals surface area contributed by atoms with Crippen LogP contribution >= 0.6 is 17.0 Å². The fourth-order valence-corrected chi connectivity index (χ4v) is 10.9. The average Bonchev–Trinajstić information content (AvgIpc) is 4.01. The molecule has 4 heteroatoms. The Labute approximate surface area is 460 Å². The fraction of sp³-hybridized carbons (Fsp3) is 0.171. The molecule has 2 radical (unpaired) electrons. The molecule has 0 aromatic heterocycles. The van der Waals surface area contributed by atoms with E-state index in [1.165, 1.54) is 120 Å². The summed E-state index contributed by atoms with van der Waals surface area (Å²) >= 11 is -0.826. The molecule has 0 spiro atoms. The van der Waals surface area contributed by atoms with Crippen molar-refractivity contribution in [1.82, 2.24) is 0 Å². The van der Waals surface area contributed by atoms with Crippen LogP contribution in [0.2, 0.25) is 13.1 Å². The zero-order valence-corrected chi connectivity index (χ0v) is 48.9. The Balaban J connectivity index is 0.000000165. The van der Waals surface area contributed by atoms with Gasteiger partial charge in [-0.1, -0.05) is 282 Å². The molecule has 0 aliphatic carbocycles. The van der Waals surface area contributed by atoms with E-state index in [2.05, 4.69) is 273 Å². The molecule has 0 aliphatic heterocycles. The van der Waals surface area contributed by atoms with E-state index in [0.717, 1.165) is 22.4 Å². The first-order chi connectivity index (χ1) is 35.8. The number of rotatable bonds is 6. The normalized spacial score (nSPS) is 11.5. The van der Waals surface area contributed by atoms with Crippen molar-refractivity contribution in [2.45, 2.75) is 67.5 Å². The second-order valence-corrected chi connectivity index (χ2v) is 26.6. The average molecular weight is 1100 g/mol. The van der Waals surface area contributed by atoms with Gasteiger partial charge in [0.15, 0.2) is 0 Å². The van der Waals surface area contributed by atoms with Crippen molar-refractivity contribution in [3.63, 3.8) is 0 Å². The van der Waals surface area contributed by atoms with Crippen LogP contribution in [0, 0.1) is 10.8 Å². The molecule has 12 rings (SSSR count). The first-order valence-electron chi connectivity index (χ1n) is 25.7. The van der Waals surface area contributed by atoms with Crippen molar-refractivity contribution in [1.29, 1.82) is 0 Å². The van der Waals surface area contributed by atoms with Crippen molar-refractivity contribution >= 4 is 91.2 Å². The van der Waals surface area contributed by atoms with Gasteiger partial charge in [-0.2, -0.15) is 12.1 Å². The first-order valence-corrected chi connectivity index (χ1v) is 34.0. The Bertz CT molecular complexity index is 3370. The number of hydrogen-bond acceptors (Lipinski definition) is 0. The molecule has 0 heterocycles. The fourth-order valence-electron chi connectivity index (χ4n) is 10.9. The van der Waals surface area contributed by atoms with Gasteiger partial charge in [0.25, 0.3) is 0 Å². The third-order valence-corrected chi connectivity index (χ3v) is 13.7. The van der Waals surface area contributed by atoms with Crippen LogP contribution in [0.4, 0.5) is 0 Å². The maximum atomic E-state index is 4.93. The second-order valence-electron chi connectivity index (χ2n) is 21.9. The molecule has 0 saturated carbocycles. The first kappa shape index (κ1) is 53.0. The summed E-state index contributed by atoms with van der Waals surface area (Å²) in [5, 5.41) is 15.8. The van der Waals surface area contributed by atoms with Crippen LogP contribution in [0.25, 0.3) is 109 Å². The number of benzene rings is 10. The molecular weight excluding hydrogens is 1030 g/mol. The molecular formula is C70H64Cl2SiZr. The minimum absolute atomic E-state index is 0.240. The molecule has 0 fully saturated rings. The Morgan fingerprint density at radius 1 is 0.338 bits per heavy atom. The summed E-state index contributed by atoms with van der Waals surface area (Å²) in [4.78, 5) is 0. The Morgan fingerprint density at radius 3 is 0.851 bits per heavy atom. The molecule has 0 bridgehead atoms. The summed E-state index contributed by atoms with van der Waals surface area (Å²) in [6.07, 6.45) is 2.12. The summed E-state index contributed by atoms with van der Waals surface area (Å²) < 4.78 is 0. The molecule has 0 unspecified atom stereocenters. The molecule has 74 heavy (non-hydrogen) atoms. The van der Waals surface area contributed by atoms with Gasteiger partial charge in [-0.05, 0) is 77.9 Å². The van der Waals surface area contributed by atoms with E-state index in [1.54, 1.807) is 0 Å². The SMILES string of the molecule is CC(C)(C)Cc1cc2c(-c3cccc4ccccc34)ccc(-c3cccc4ccccc34)c2[cH-]1.CC(C)(C)Cc1cc2c(-c3cccc4ccccc34)ccc(-c3cccc4ccccc34)c2[cH-]1.C[Si]C.[Cl][Zr+2][Cl]. The van der Waals surface area contributed by atoms with Crippen molar-refractivity contribution in [3.05, 3.63) is 230 Å². The molecule has 12 aromatic carbocycles. The van der Waals surface area contributed by atoms with Crippen LogP contribution in [0.15, 0.2) is 218 Å². The van der Waals surface area contributed by atoms with Gasteiger partial charge < -0.3 is 0 Å². The van der Waals surface area contributed by atoms with E-state index < -0.39 is 20.8 Å². The van der Waals surface area contributed by atoms with Crippen molar-refractivity contribution in [2.24, 2.45) is 10.8 Å². The van der Waals surface area contributed by atoms with Gasteiger partial charge >= 0.3 is 37.9 Å². The summed E-state index contributed by atoms with van der Waals surface area (Å²) in [5.41, 5.74) is 13.8. The summed E-state index contributed by atoms with van der Waals surface area (Å²) in [6.45, 7) is 18.2. The van der Waals surface area contributed by atoms with Crippen molar-refractivity contribution in [3.8, 4) is 44.5 Å². The molecule has 0 nitrogen and oxygen atoms in total. The topological polar surface area (TPSA) is 0 Å². The molecule has 0 saturated heterocycles.